The van der Waals surface area contributed by atoms with Gasteiger partial charge in [-0.1, -0.05) is 6.92 Å². The summed E-state index contributed by atoms with van der Waals surface area (Å²) in [6, 6.07) is -0.0229. The van der Waals surface area contributed by atoms with Crippen molar-refractivity contribution in [1.82, 2.24) is 5.32 Å². The van der Waals surface area contributed by atoms with Crippen LogP contribution in [0.2, 0.25) is 0 Å². The number of carbonyl (C=O) groups is 1. The zero-order valence-corrected chi connectivity index (χ0v) is 7.62. The third kappa shape index (κ3) is 2.22. The highest BCUT2D eigenvalue weighted by Crippen LogP contribution is 1.98. The third-order valence-corrected chi connectivity index (χ3v) is 2.38. The van der Waals surface area contributed by atoms with E-state index >= 15 is 0 Å². The summed E-state index contributed by atoms with van der Waals surface area (Å²) in [7, 11) is 0. The Kier molecular flexibility index (Phi) is 2.93. The number of nitrogens with one attached hydrogen (secondary N) is 2. The number of rotatable bonds is 1. The summed E-state index contributed by atoms with van der Waals surface area (Å²) in [5.41, 5.74) is 0. The molecule has 0 saturated heterocycles. The van der Waals surface area contributed by atoms with Crippen molar-refractivity contribution >= 4 is 22.7 Å². The maximum absolute atomic E-state index is 11.0. The van der Waals surface area contributed by atoms with Gasteiger partial charge in [-0.25, -0.2) is 0 Å². The minimum Gasteiger partial charge on any atom is -0.290 e. The maximum Gasteiger partial charge on any atom is 0.305 e. The molecule has 2 N–H and O–H groups in total. The van der Waals surface area contributed by atoms with Crippen LogP contribution < -0.4 is 10.3 Å². The molecule has 1 rings (SSSR count). The fourth-order valence-corrected chi connectivity index (χ4v) is 1.61. The number of carbonyl (C=O) groups excluding carboxylic acids is 1. The zero-order valence-electron chi connectivity index (χ0n) is 6.81. The molecule has 1 atom stereocenters. The van der Waals surface area contributed by atoms with Crippen molar-refractivity contribution in [2.24, 2.45) is 0 Å². The highest BCUT2D eigenvalue weighted by molar-refractivity contribution is 8.13. The first-order chi connectivity index (χ1) is 5.24. The van der Waals surface area contributed by atoms with Gasteiger partial charge in [0, 0.05) is 5.75 Å². The van der Waals surface area contributed by atoms with Gasteiger partial charge in [-0.2, -0.15) is 0 Å². The number of amidine groups is 1. The van der Waals surface area contributed by atoms with Crippen molar-refractivity contribution in [2.45, 2.75) is 19.9 Å². The van der Waals surface area contributed by atoms with E-state index in [1.54, 1.807) is 11.8 Å². The van der Waals surface area contributed by atoms with E-state index in [0.717, 1.165) is 10.9 Å². The molecule has 0 amide bonds. The number of hydrogen-bond acceptors (Lipinski definition) is 3. The Morgan fingerprint density at radius 2 is 2.55 bits per heavy atom. The average molecular weight is 173 g/mol. The summed E-state index contributed by atoms with van der Waals surface area (Å²) in [5.74, 6) is 1.25. The van der Waals surface area contributed by atoms with E-state index in [4.69, 9.17) is 0 Å². The molecule has 0 spiro atoms. The topological polar surface area (TPSA) is 43.1 Å². The standard InChI is InChI=1S/C7H12N2OS/c1-3-11-7-8-4-6(10)5(2)9-7/h5H,3-4H2,1-2H3,(H,8,9)/p+1. The summed E-state index contributed by atoms with van der Waals surface area (Å²) in [4.78, 5) is 14.0. The molecule has 1 unspecified atom stereocenters. The summed E-state index contributed by atoms with van der Waals surface area (Å²) in [6.07, 6.45) is 0. The molecule has 62 valence electrons. The molecule has 4 heteroatoms. The van der Waals surface area contributed by atoms with Crippen molar-refractivity contribution in [3.63, 3.8) is 0 Å². The van der Waals surface area contributed by atoms with Crippen molar-refractivity contribution in [3.05, 3.63) is 0 Å². The summed E-state index contributed by atoms with van der Waals surface area (Å²) in [5, 5.41) is 4.11. The molecule has 0 aromatic carbocycles. The quantitative estimate of drug-likeness (QED) is 0.520. The molecule has 0 radical (unpaired) electrons. The van der Waals surface area contributed by atoms with Crippen LogP contribution in [0, 0.1) is 0 Å². The van der Waals surface area contributed by atoms with Crippen molar-refractivity contribution in [3.8, 4) is 0 Å². The Labute approximate surface area is 70.7 Å². The molecule has 0 fully saturated rings. The third-order valence-electron chi connectivity index (χ3n) is 1.54. The van der Waals surface area contributed by atoms with Gasteiger partial charge >= 0.3 is 5.17 Å². The van der Waals surface area contributed by atoms with E-state index in [2.05, 4.69) is 17.2 Å². The molecule has 1 aliphatic rings. The van der Waals surface area contributed by atoms with Crippen LogP contribution in [0.15, 0.2) is 0 Å². The number of ketones is 1. The number of Topliss-reactive ketones (excluding diaryl/α,β-unsaturated/α-hetero) is 1. The van der Waals surface area contributed by atoms with Crippen LogP contribution in [0.25, 0.3) is 0 Å². The molecule has 0 bridgehead atoms. The van der Waals surface area contributed by atoms with E-state index in [1.165, 1.54) is 0 Å². The van der Waals surface area contributed by atoms with Gasteiger partial charge in [0.25, 0.3) is 0 Å². The van der Waals surface area contributed by atoms with Gasteiger partial charge in [0.2, 0.25) is 5.78 Å². The largest absolute Gasteiger partial charge is 0.305 e. The van der Waals surface area contributed by atoms with Gasteiger partial charge in [-0.3, -0.25) is 15.1 Å². The van der Waals surface area contributed by atoms with Crippen LogP contribution in [0.5, 0.6) is 0 Å². The van der Waals surface area contributed by atoms with Crippen LogP contribution >= 0.6 is 11.8 Å². The first-order valence-corrected chi connectivity index (χ1v) is 4.75. The van der Waals surface area contributed by atoms with Gasteiger partial charge < -0.3 is 0 Å². The Hall–Kier alpha value is -0.510. The van der Waals surface area contributed by atoms with E-state index in [1.807, 2.05) is 6.92 Å². The number of thioether (sulfide) groups is 1. The Balaban J connectivity index is 2.51. The van der Waals surface area contributed by atoms with Crippen LogP contribution in [0.1, 0.15) is 13.8 Å². The predicted octanol–water partition coefficient (Wildman–Crippen LogP) is -1.26. The van der Waals surface area contributed by atoms with Crippen molar-refractivity contribution < 1.29 is 9.79 Å². The molecule has 0 aromatic heterocycles. The second-order valence-corrected chi connectivity index (χ2v) is 3.72. The Morgan fingerprint density at radius 1 is 1.82 bits per heavy atom. The van der Waals surface area contributed by atoms with Gasteiger partial charge in [0.1, 0.15) is 6.54 Å². The van der Waals surface area contributed by atoms with Gasteiger partial charge in [0.15, 0.2) is 6.04 Å². The molecular weight excluding hydrogens is 160 g/mol. The Morgan fingerprint density at radius 3 is 3.09 bits per heavy atom. The normalized spacial score (nSPS) is 24.4. The Bertz CT molecular complexity index is 191. The lowest BCUT2D eigenvalue weighted by atomic mass is 10.2. The maximum atomic E-state index is 11.0. The lowest BCUT2D eigenvalue weighted by Gasteiger charge is -2.12. The molecule has 11 heavy (non-hydrogen) atoms. The minimum absolute atomic E-state index is 0.0229. The average Bonchev–Trinajstić information content (AvgIpc) is 1.98. The smallest absolute Gasteiger partial charge is 0.290 e. The summed E-state index contributed by atoms with van der Waals surface area (Å²) in [6.45, 7) is 4.44. The second-order valence-electron chi connectivity index (χ2n) is 2.45. The fraction of sp³-hybridized carbons (Fsp3) is 0.714. The molecule has 0 aliphatic carbocycles. The summed E-state index contributed by atoms with van der Waals surface area (Å²) >= 11 is 1.70. The lowest BCUT2D eigenvalue weighted by molar-refractivity contribution is -0.446. The minimum atomic E-state index is -0.0229. The van der Waals surface area contributed by atoms with Crippen molar-refractivity contribution in [1.29, 1.82) is 0 Å². The van der Waals surface area contributed by atoms with Crippen LogP contribution in [-0.2, 0) is 4.79 Å². The van der Waals surface area contributed by atoms with Gasteiger partial charge in [-0.15, -0.1) is 0 Å². The highest BCUT2D eigenvalue weighted by atomic mass is 32.2. The molecule has 0 saturated carbocycles. The number of hydrogen-bond donors (Lipinski definition) is 2. The van der Waals surface area contributed by atoms with E-state index in [-0.39, 0.29) is 11.8 Å². The second kappa shape index (κ2) is 3.76. The van der Waals surface area contributed by atoms with E-state index < -0.39 is 0 Å². The molecule has 0 aromatic rings. The predicted molar refractivity (Wildman–Crippen MR) is 46.6 cm³/mol. The van der Waals surface area contributed by atoms with Gasteiger partial charge in [-0.05, 0) is 18.7 Å². The molecule has 1 heterocycles. The SMILES string of the molecule is CCSC1=[NH+]CC(=O)C(C)N1. The zero-order chi connectivity index (χ0) is 8.27. The molecule has 3 nitrogen and oxygen atoms in total. The first kappa shape index (κ1) is 8.59. The monoisotopic (exact) mass is 173 g/mol. The van der Waals surface area contributed by atoms with Crippen LogP contribution in [-0.4, -0.2) is 29.3 Å². The molecular formula is C7H13N2OS+. The van der Waals surface area contributed by atoms with E-state index in [0.29, 0.717) is 6.54 Å². The van der Waals surface area contributed by atoms with Crippen LogP contribution in [0.3, 0.4) is 0 Å². The van der Waals surface area contributed by atoms with Crippen LogP contribution in [0.4, 0.5) is 0 Å². The van der Waals surface area contributed by atoms with Crippen molar-refractivity contribution in [2.75, 3.05) is 12.3 Å². The molecule has 1 aliphatic heterocycles. The van der Waals surface area contributed by atoms with Gasteiger partial charge in [0.05, 0.1) is 0 Å². The first-order valence-electron chi connectivity index (χ1n) is 3.77. The van der Waals surface area contributed by atoms with E-state index in [9.17, 15) is 4.79 Å². The summed E-state index contributed by atoms with van der Waals surface area (Å²) < 4.78 is 0. The highest BCUT2D eigenvalue weighted by Gasteiger charge is 2.24. The fourth-order valence-electron chi connectivity index (χ4n) is 0.886. The lowest BCUT2D eigenvalue weighted by Crippen LogP contribution is -2.82.